The molecule has 42 heavy (non-hydrogen) atoms. The van der Waals surface area contributed by atoms with Crippen LogP contribution in [0.15, 0.2) is 92.3 Å². The molecular formula is C33H30BrFN2O4S. The van der Waals surface area contributed by atoms with Crippen molar-refractivity contribution in [2.24, 2.45) is 4.99 Å². The third-order valence-electron chi connectivity index (χ3n) is 7.04. The maximum Gasteiger partial charge on any atom is 0.338 e. The van der Waals surface area contributed by atoms with E-state index in [9.17, 15) is 14.0 Å². The second-order valence-electron chi connectivity index (χ2n) is 10.2. The van der Waals surface area contributed by atoms with Crippen LogP contribution in [0.1, 0.15) is 61.9 Å². The summed E-state index contributed by atoms with van der Waals surface area (Å²) in [5.74, 6) is -0.0141. The second kappa shape index (κ2) is 12.6. The molecule has 2 heterocycles. The van der Waals surface area contributed by atoms with Crippen LogP contribution in [0, 0.1) is 5.82 Å². The zero-order chi connectivity index (χ0) is 30.0. The number of allylic oxidation sites excluding steroid dienone is 1. The van der Waals surface area contributed by atoms with Crippen LogP contribution in [-0.4, -0.2) is 17.1 Å². The normalized spacial score (nSPS) is 15.0. The molecule has 5 rings (SSSR count). The van der Waals surface area contributed by atoms with Crippen molar-refractivity contribution in [1.82, 2.24) is 4.57 Å². The largest absolute Gasteiger partial charge is 0.488 e. The highest BCUT2D eigenvalue weighted by Crippen LogP contribution is 2.32. The summed E-state index contributed by atoms with van der Waals surface area (Å²) in [5.41, 5.74) is 3.58. The third kappa shape index (κ3) is 6.03. The van der Waals surface area contributed by atoms with E-state index >= 15 is 0 Å². The van der Waals surface area contributed by atoms with Gasteiger partial charge in [-0.05, 0) is 61.2 Å². The van der Waals surface area contributed by atoms with Crippen molar-refractivity contribution in [2.75, 3.05) is 6.61 Å². The molecule has 4 aromatic rings. The van der Waals surface area contributed by atoms with E-state index in [1.807, 2.05) is 36.4 Å². The zero-order valence-corrected chi connectivity index (χ0v) is 26.1. The molecule has 3 aromatic carbocycles. The van der Waals surface area contributed by atoms with Crippen molar-refractivity contribution < 1.29 is 18.7 Å². The summed E-state index contributed by atoms with van der Waals surface area (Å²) in [5, 5.41) is 0. The number of nitrogens with zero attached hydrogens (tertiary/aromatic N) is 2. The Morgan fingerprint density at radius 2 is 1.88 bits per heavy atom. The smallest absolute Gasteiger partial charge is 0.338 e. The standard InChI is InChI=1S/C33H30BrFN2O4S/c1-5-40-32(39)29-20(4)36-33-37(30(29)22-12-10-21(11-13-22)19(2)3)31(38)28(42-33)17-24-16-25(34)14-15-27(24)41-18-23-8-6-7-9-26(23)35/h6-17,19,30H,5,18H2,1-4H3/t30-/m1/s1. The minimum absolute atomic E-state index is 0.0326. The fraction of sp³-hybridized carbons (Fsp3) is 0.242. The number of carbonyl (C=O) groups is 1. The molecule has 1 aliphatic heterocycles. The quantitative estimate of drug-likeness (QED) is 0.207. The number of rotatable bonds is 8. The van der Waals surface area contributed by atoms with Crippen LogP contribution < -0.4 is 19.6 Å². The van der Waals surface area contributed by atoms with Gasteiger partial charge in [-0.3, -0.25) is 9.36 Å². The SMILES string of the molecule is CCOC(=O)C1=C(C)N=c2sc(=Cc3cc(Br)ccc3OCc3ccccc3F)c(=O)n2[C@@H]1c1ccc(C(C)C)cc1. The molecule has 0 aliphatic carbocycles. The van der Waals surface area contributed by atoms with E-state index in [4.69, 9.17) is 9.47 Å². The van der Waals surface area contributed by atoms with Crippen molar-refractivity contribution in [3.8, 4) is 5.75 Å². The molecule has 0 fully saturated rings. The number of thiazole rings is 1. The molecule has 6 nitrogen and oxygen atoms in total. The summed E-state index contributed by atoms with van der Waals surface area (Å²) >= 11 is 4.74. The highest BCUT2D eigenvalue weighted by molar-refractivity contribution is 9.10. The first-order chi connectivity index (χ1) is 20.2. The summed E-state index contributed by atoms with van der Waals surface area (Å²) < 4.78 is 28.4. The van der Waals surface area contributed by atoms with Crippen LogP contribution in [0.3, 0.4) is 0 Å². The summed E-state index contributed by atoms with van der Waals surface area (Å²) in [4.78, 5) is 32.4. The Morgan fingerprint density at radius 3 is 2.57 bits per heavy atom. The molecule has 0 N–H and O–H groups in total. The molecular weight excluding hydrogens is 619 g/mol. The van der Waals surface area contributed by atoms with Gasteiger partial charge in [0.05, 0.1) is 28.5 Å². The maximum atomic E-state index is 14.2. The number of carbonyl (C=O) groups excluding carboxylic acids is 1. The number of halogens is 2. The Bertz CT molecular complexity index is 1860. The number of hydrogen-bond donors (Lipinski definition) is 0. The minimum atomic E-state index is -0.692. The lowest BCUT2D eigenvalue weighted by atomic mass is 9.93. The van der Waals surface area contributed by atoms with E-state index in [-0.39, 0.29) is 24.6 Å². The van der Waals surface area contributed by atoms with Gasteiger partial charge in [0, 0.05) is 15.6 Å². The van der Waals surface area contributed by atoms with Crippen LogP contribution >= 0.6 is 27.3 Å². The average molecular weight is 650 g/mol. The Hall–Kier alpha value is -3.82. The molecule has 9 heteroatoms. The Morgan fingerprint density at radius 1 is 1.14 bits per heavy atom. The average Bonchev–Trinajstić information content (AvgIpc) is 3.26. The lowest BCUT2D eigenvalue weighted by Gasteiger charge is -2.25. The number of esters is 1. The highest BCUT2D eigenvalue weighted by atomic mass is 79.9. The number of hydrogen-bond acceptors (Lipinski definition) is 6. The second-order valence-corrected chi connectivity index (χ2v) is 12.1. The first-order valence-electron chi connectivity index (χ1n) is 13.6. The molecule has 216 valence electrons. The van der Waals surface area contributed by atoms with Gasteiger partial charge < -0.3 is 9.47 Å². The molecule has 1 aromatic heterocycles. The number of aromatic nitrogens is 1. The molecule has 1 atom stereocenters. The first-order valence-corrected chi connectivity index (χ1v) is 15.2. The van der Waals surface area contributed by atoms with Gasteiger partial charge in [-0.2, -0.15) is 0 Å². The first kappa shape index (κ1) is 29.7. The summed E-state index contributed by atoms with van der Waals surface area (Å²) in [6, 6.07) is 19.1. The zero-order valence-electron chi connectivity index (χ0n) is 23.7. The van der Waals surface area contributed by atoms with Gasteiger partial charge in [-0.15, -0.1) is 0 Å². The molecule has 0 amide bonds. The Balaban J connectivity index is 1.62. The fourth-order valence-electron chi connectivity index (χ4n) is 4.85. The molecule has 0 spiro atoms. The molecule has 0 saturated heterocycles. The van der Waals surface area contributed by atoms with E-state index in [0.29, 0.717) is 43.4 Å². The minimum Gasteiger partial charge on any atom is -0.488 e. The molecule has 0 saturated carbocycles. The van der Waals surface area contributed by atoms with E-state index in [0.717, 1.165) is 15.6 Å². The van der Waals surface area contributed by atoms with Gasteiger partial charge in [0.2, 0.25) is 0 Å². The van der Waals surface area contributed by atoms with Crippen LogP contribution in [0.4, 0.5) is 4.39 Å². The number of fused-ring (bicyclic) bond motifs is 1. The van der Waals surface area contributed by atoms with Crippen molar-refractivity contribution in [3.05, 3.63) is 130 Å². The van der Waals surface area contributed by atoms with Gasteiger partial charge >= 0.3 is 5.97 Å². The van der Waals surface area contributed by atoms with E-state index in [1.165, 1.54) is 17.4 Å². The highest BCUT2D eigenvalue weighted by Gasteiger charge is 2.33. The molecule has 0 bridgehead atoms. The van der Waals surface area contributed by atoms with Gasteiger partial charge in [-0.1, -0.05) is 83.6 Å². The van der Waals surface area contributed by atoms with Crippen molar-refractivity contribution in [1.29, 1.82) is 0 Å². The monoisotopic (exact) mass is 648 g/mol. The molecule has 1 aliphatic rings. The predicted octanol–water partition coefficient (Wildman–Crippen LogP) is 6.40. The molecule has 0 radical (unpaired) electrons. The topological polar surface area (TPSA) is 69.9 Å². The van der Waals surface area contributed by atoms with E-state index < -0.39 is 12.0 Å². The van der Waals surface area contributed by atoms with E-state index in [2.05, 4.69) is 34.8 Å². The number of ether oxygens (including phenoxy) is 2. The van der Waals surface area contributed by atoms with Crippen LogP contribution in [0.5, 0.6) is 5.75 Å². The van der Waals surface area contributed by atoms with Gasteiger partial charge in [0.25, 0.3) is 5.56 Å². The summed E-state index contributed by atoms with van der Waals surface area (Å²) in [7, 11) is 0. The Kier molecular flexibility index (Phi) is 8.89. The predicted molar refractivity (Wildman–Crippen MR) is 166 cm³/mol. The summed E-state index contributed by atoms with van der Waals surface area (Å²) in [6.07, 6.45) is 1.74. The van der Waals surface area contributed by atoms with Gasteiger partial charge in [-0.25, -0.2) is 14.2 Å². The van der Waals surface area contributed by atoms with Crippen LogP contribution in [0.2, 0.25) is 0 Å². The van der Waals surface area contributed by atoms with Crippen LogP contribution in [0.25, 0.3) is 6.08 Å². The van der Waals surface area contributed by atoms with Crippen molar-refractivity contribution in [3.63, 3.8) is 0 Å². The fourth-order valence-corrected chi connectivity index (χ4v) is 6.26. The Labute approximate surface area is 255 Å². The van der Waals surface area contributed by atoms with Gasteiger partial charge in [0.1, 0.15) is 18.2 Å². The van der Waals surface area contributed by atoms with Crippen molar-refractivity contribution >= 4 is 39.3 Å². The summed E-state index contributed by atoms with van der Waals surface area (Å²) in [6.45, 7) is 7.98. The van der Waals surface area contributed by atoms with Gasteiger partial charge in [0.15, 0.2) is 4.80 Å². The maximum absolute atomic E-state index is 14.2. The van der Waals surface area contributed by atoms with E-state index in [1.54, 1.807) is 48.8 Å². The number of benzene rings is 3. The lowest BCUT2D eigenvalue weighted by Crippen LogP contribution is -2.39. The van der Waals surface area contributed by atoms with Crippen LogP contribution in [-0.2, 0) is 16.1 Å². The molecule has 0 unspecified atom stereocenters. The lowest BCUT2D eigenvalue weighted by molar-refractivity contribution is -0.139. The van der Waals surface area contributed by atoms with Crippen molar-refractivity contribution in [2.45, 2.75) is 46.3 Å². The third-order valence-corrected chi connectivity index (χ3v) is 8.51.